The molecule has 0 spiro atoms. The first-order chi connectivity index (χ1) is 9.98. The minimum atomic E-state index is -4.86. The van der Waals surface area contributed by atoms with Crippen molar-refractivity contribution < 1.29 is 18.0 Å². The molecule has 1 atom stereocenters. The summed E-state index contributed by atoms with van der Waals surface area (Å²) in [5.74, 6) is -1.79. The standard InChI is InChI=1S/C15H13F3N2O/c16-15(17,18)14(21)20-10-9-19-8-4-7-12(19)13(20)11-5-2-1-3-6-11/h1-8,13H,9-10H2/t13-/m0/s1. The van der Waals surface area contributed by atoms with Gasteiger partial charge in [-0.1, -0.05) is 30.3 Å². The molecular formula is C15H13F3N2O. The number of amides is 1. The summed E-state index contributed by atoms with van der Waals surface area (Å²) < 4.78 is 40.4. The van der Waals surface area contributed by atoms with Crippen LogP contribution in [0.3, 0.4) is 0 Å². The molecule has 3 nitrogen and oxygen atoms in total. The number of carbonyl (C=O) groups is 1. The Balaban J connectivity index is 2.07. The summed E-state index contributed by atoms with van der Waals surface area (Å²) in [5.41, 5.74) is 1.37. The van der Waals surface area contributed by atoms with Gasteiger partial charge in [0.05, 0.1) is 6.04 Å². The minimum Gasteiger partial charge on any atom is -0.348 e. The van der Waals surface area contributed by atoms with Crippen LogP contribution in [-0.2, 0) is 11.3 Å². The van der Waals surface area contributed by atoms with Crippen molar-refractivity contribution in [3.63, 3.8) is 0 Å². The molecule has 0 fully saturated rings. The Kier molecular flexibility index (Phi) is 3.23. The van der Waals surface area contributed by atoms with Crippen LogP contribution >= 0.6 is 0 Å². The van der Waals surface area contributed by atoms with Crippen molar-refractivity contribution in [1.29, 1.82) is 0 Å². The van der Waals surface area contributed by atoms with Gasteiger partial charge >= 0.3 is 12.1 Å². The van der Waals surface area contributed by atoms with E-state index in [1.54, 1.807) is 42.5 Å². The first-order valence-corrected chi connectivity index (χ1v) is 6.56. The molecule has 2 heterocycles. The number of halogens is 3. The lowest BCUT2D eigenvalue weighted by atomic mass is 10.00. The monoisotopic (exact) mass is 294 g/mol. The number of nitrogens with zero attached hydrogens (tertiary/aromatic N) is 2. The highest BCUT2D eigenvalue weighted by Crippen LogP contribution is 2.35. The minimum absolute atomic E-state index is 0.0413. The third-order valence-electron chi connectivity index (χ3n) is 3.66. The SMILES string of the molecule is O=C(N1CCn2cccc2[C@@H]1c1ccccc1)C(F)(F)F. The van der Waals surface area contributed by atoms with Crippen LogP contribution in [0.2, 0.25) is 0 Å². The molecule has 0 N–H and O–H groups in total. The largest absolute Gasteiger partial charge is 0.471 e. The Morgan fingerprint density at radius 2 is 1.76 bits per heavy atom. The van der Waals surface area contributed by atoms with Crippen molar-refractivity contribution >= 4 is 5.91 Å². The molecule has 0 bridgehead atoms. The van der Waals surface area contributed by atoms with Crippen molar-refractivity contribution in [2.24, 2.45) is 0 Å². The summed E-state index contributed by atoms with van der Waals surface area (Å²) in [7, 11) is 0. The second-order valence-corrected chi connectivity index (χ2v) is 4.94. The second-order valence-electron chi connectivity index (χ2n) is 4.94. The maximum absolute atomic E-state index is 12.8. The number of rotatable bonds is 1. The summed E-state index contributed by atoms with van der Waals surface area (Å²) in [5, 5.41) is 0. The average molecular weight is 294 g/mol. The van der Waals surface area contributed by atoms with Gasteiger partial charge in [-0.2, -0.15) is 13.2 Å². The van der Waals surface area contributed by atoms with Crippen LogP contribution in [0.25, 0.3) is 0 Å². The number of fused-ring (bicyclic) bond motifs is 1. The van der Waals surface area contributed by atoms with Crippen molar-refractivity contribution in [2.75, 3.05) is 6.54 Å². The van der Waals surface area contributed by atoms with Gasteiger partial charge in [-0.25, -0.2) is 0 Å². The molecule has 0 unspecified atom stereocenters. The van der Waals surface area contributed by atoms with Gasteiger partial charge in [-0.3, -0.25) is 4.79 Å². The zero-order valence-electron chi connectivity index (χ0n) is 11.0. The molecule has 1 aliphatic rings. The van der Waals surface area contributed by atoms with E-state index in [-0.39, 0.29) is 6.54 Å². The molecule has 0 aliphatic carbocycles. The molecule has 1 amide bonds. The summed E-state index contributed by atoms with van der Waals surface area (Å²) in [6, 6.07) is 11.6. The van der Waals surface area contributed by atoms with Gasteiger partial charge in [0.25, 0.3) is 0 Å². The van der Waals surface area contributed by atoms with E-state index in [0.717, 1.165) is 4.90 Å². The predicted octanol–water partition coefficient (Wildman–Crippen LogP) is 2.98. The lowest BCUT2D eigenvalue weighted by molar-refractivity contribution is -0.188. The first kappa shape index (κ1) is 13.7. The van der Waals surface area contributed by atoms with Gasteiger partial charge in [0.2, 0.25) is 0 Å². The highest BCUT2D eigenvalue weighted by Gasteiger charge is 2.46. The molecule has 1 aliphatic heterocycles. The van der Waals surface area contributed by atoms with Gasteiger partial charge in [-0.15, -0.1) is 0 Å². The van der Waals surface area contributed by atoms with E-state index in [9.17, 15) is 18.0 Å². The predicted molar refractivity (Wildman–Crippen MR) is 70.5 cm³/mol. The van der Waals surface area contributed by atoms with Crippen LogP contribution in [0.5, 0.6) is 0 Å². The maximum Gasteiger partial charge on any atom is 0.471 e. The van der Waals surface area contributed by atoms with Crippen LogP contribution in [0, 0.1) is 0 Å². The van der Waals surface area contributed by atoms with Gasteiger partial charge in [0.15, 0.2) is 0 Å². The maximum atomic E-state index is 12.8. The van der Waals surface area contributed by atoms with Crippen LogP contribution in [-0.4, -0.2) is 28.1 Å². The third-order valence-corrected chi connectivity index (χ3v) is 3.66. The molecule has 2 aromatic rings. The fourth-order valence-electron chi connectivity index (χ4n) is 2.75. The topological polar surface area (TPSA) is 25.2 Å². The zero-order valence-corrected chi connectivity index (χ0v) is 11.0. The molecule has 1 aromatic carbocycles. The highest BCUT2D eigenvalue weighted by molar-refractivity contribution is 5.82. The van der Waals surface area contributed by atoms with Gasteiger partial charge in [-0.05, 0) is 17.7 Å². The molecule has 1 aromatic heterocycles. The van der Waals surface area contributed by atoms with Gasteiger partial charge in [0.1, 0.15) is 0 Å². The van der Waals surface area contributed by atoms with E-state index < -0.39 is 18.1 Å². The quantitative estimate of drug-likeness (QED) is 0.794. The first-order valence-electron chi connectivity index (χ1n) is 6.56. The molecule has 6 heteroatoms. The van der Waals surface area contributed by atoms with Crippen LogP contribution < -0.4 is 0 Å². The van der Waals surface area contributed by atoms with Gasteiger partial charge < -0.3 is 9.47 Å². The fraction of sp³-hybridized carbons (Fsp3) is 0.267. The zero-order chi connectivity index (χ0) is 15.0. The van der Waals surface area contributed by atoms with E-state index in [1.165, 1.54) is 0 Å². The van der Waals surface area contributed by atoms with Crippen molar-refractivity contribution in [1.82, 2.24) is 9.47 Å². The average Bonchev–Trinajstić information content (AvgIpc) is 2.93. The van der Waals surface area contributed by atoms with Crippen molar-refractivity contribution in [2.45, 2.75) is 18.8 Å². The third kappa shape index (κ3) is 2.41. The summed E-state index contributed by atoms with van der Waals surface area (Å²) in [6.45, 7) is 0.410. The Morgan fingerprint density at radius 3 is 2.43 bits per heavy atom. The number of benzene rings is 1. The van der Waals surface area contributed by atoms with E-state index >= 15 is 0 Å². The summed E-state index contributed by atoms with van der Waals surface area (Å²) in [6.07, 6.45) is -3.04. The number of hydrogen-bond donors (Lipinski definition) is 0. The normalized spacial score (nSPS) is 18.4. The summed E-state index contributed by atoms with van der Waals surface area (Å²) >= 11 is 0. The number of hydrogen-bond acceptors (Lipinski definition) is 1. The second kappa shape index (κ2) is 4.95. The summed E-state index contributed by atoms with van der Waals surface area (Å²) in [4.78, 5) is 12.6. The fourth-order valence-corrected chi connectivity index (χ4v) is 2.75. The van der Waals surface area contributed by atoms with E-state index in [2.05, 4.69) is 0 Å². The Hall–Kier alpha value is -2.24. The lowest BCUT2D eigenvalue weighted by Crippen LogP contribution is -2.48. The number of carbonyl (C=O) groups excluding carboxylic acids is 1. The number of aromatic nitrogens is 1. The van der Waals surface area contributed by atoms with Crippen LogP contribution in [0.15, 0.2) is 48.7 Å². The molecule has 3 rings (SSSR count). The molecule has 0 radical (unpaired) electrons. The smallest absolute Gasteiger partial charge is 0.348 e. The van der Waals surface area contributed by atoms with E-state index in [1.807, 2.05) is 10.8 Å². The van der Waals surface area contributed by atoms with E-state index in [0.29, 0.717) is 17.8 Å². The van der Waals surface area contributed by atoms with E-state index in [4.69, 9.17) is 0 Å². The van der Waals surface area contributed by atoms with Crippen molar-refractivity contribution in [3.8, 4) is 0 Å². The molecular weight excluding hydrogens is 281 g/mol. The molecule has 0 saturated carbocycles. The van der Waals surface area contributed by atoms with Crippen LogP contribution in [0.1, 0.15) is 17.3 Å². The lowest BCUT2D eigenvalue weighted by Gasteiger charge is -2.37. The highest BCUT2D eigenvalue weighted by atomic mass is 19.4. The number of alkyl halides is 3. The Labute approximate surface area is 119 Å². The Bertz CT molecular complexity index is 648. The van der Waals surface area contributed by atoms with Crippen molar-refractivity contribution in [3.05, 3.63) is 59.9 Å². The molecule has 21 heavy (non-hydrogen) atoms. The molecule has 110 valence electrons. The molecule has 0 saturated heterocycles. The van der Waals surface area contributed by atoms with Gasteiger partial charge in [0, 0.05) is 25.0 Å². The van der Waals surface area contributed by atoms with Crippen LogP contribution in [0.4, 0.5) is 13.2 Å². The Morgan fingerprint density at radius 1 is 1.05 bits per heavy atom.